The Morgan fingerprint density at radius 2 is 1.58 bits per heavy atom. The number of benzene rings is 2. The van der Waals surface area contributed by atoms with Crippen LogP contribution in [-0.4, -0.2) is 19.9 Å². The molecule has 0 heterocycles. The van der Waals surface area contributed by atoms with E-state index in [1.54, 1.807) is 24.3 Å². The van der Waals surface area contributed by atoms with Crippen LogP contribution in [0.1, 0.15) is 44.4 Å². The lowest BCUT2D eigenvalue weighted by Gasteiger charge is -2.24. The van der Waals surface area contributed by atoms with E-state index in [2.05, 4.69) is 10.0 Å². The Morgan fingerprint density at radius 3 is 2.12 bits per heavy atom. The van der Waals surface area contributed by atoms with Gasteiger partial charge in [0.25, 0.3) is 0 Å². The van der Waals surface area contributed by atoms with Gasteiger partial charge >= 0.3 is 0 Å². The Kier molecular flexibility index (Phi) is 6.21. The summed E-state index contributed by atoms with van der Waals surface area (Å²) < 4.78 is 28.2. The molecular formula is C20H26N2O3S. The van der Waals surface area contributed by atoms with E-state index < -0.39 is 16.1 Å². The highest BCUT2D eigenvalue weighted by atomic mass is 32.2. The monoisotopic (exact) mass is 374 g/mol. The van der Waals surface area contributed by atoms with Crippen LogP contribution in [-0.2, 0) is 14.8 Å². The Balaban J connectivity index is 2.26. The maximum absolute atomic E-state index is 12.8. The molecule has 0 unspecified atom stereocenters. The summed E-state index contributed by atoms with van der Waals surface area (Å²) in [6.07, 6.45) is 0.0202. The number of carbonyl (C=O) groups is 1. The van der Waals surface area contributed by atoms with Crippen molar-refractivity contribution in [2.45, 2.75) is 50.6 Å². The van der Waals surface area contributed by atoms with Crippen molar-refractivity contribution in [3.05, 3.63) is 65.7 Å². The fourth-order valence-electron chi connectivity index (χ4n) is 2.54. The predicted molar refractivity (Wildman–Crippen MR) is 103 cm³/mol. The number of aryl methyl sites for hydroxylation is 1. The second-order valence-corrected chi connectivity index (χ2v) is 9.11. The average Bonchev–Trinajstić information content (AvgIpc) is 2.53. The van der Waals surface area contributed by atoms with Gasteiger partial charge in [-0.2, -0.15) is 0 Å². The van der Waals surface area contributed by atoms with E-state index in [1.165, 1.54) is 0 Å². The van der Waals surface area contributed by atoms with E-state index in [-0.39, 0.29) is 22.8 Å². The second-order valence-electron chi connectivity index (χ2n) is 7.40. The van der Waals surface area contributed by atoms with Crippen LogP contribution in [0.3, 0.4) is 0 Å². The molecule has 2 aromatic rings. The van der Waals surface area contributed by atoms with Gasteiger partial charge in [0.05, 0.1) is 10.9 Å². The molecule has 0 aliphatic carbocycles. The molecule has 0 saturated heterocycles. The van der Waals surface area contributed by atoms with Crippen molar-refractivity contribution in [2.24, 2.45) is 0 Å². The first kappa shape index (κ1) is 20.1. The van der Waals surface area contributed by atoms with Crippen molar-refractivity contribution < 1.29 is 13.2 Å². The first-order valence-electron chi connectivity index (χ1n) is 8.52. The molecular weight excluding hydrogens is 348 g/mol. The summed E-state index contributed by atoms with van der Waals surface area (Å²) in [7, 11) is -3.74. The summed E-state index contributed by atoms with van der Waals surface area (Å²) >= 11 is 0. The number of carbonyl (C=O) groups excluding carboxylic acids is 1. The summed E-state index contributed by atoms with van der Waals surface area (Å²) in [5, 5.41) is 2.88. The van der Waals surface area contributed by atoms with Gasteiger partial charge < -0.3 is 5.32 Å². The molecule has 0 aliphatic heterocycles. The lowest BCUT2D eigenvalue weighted by Crippen LogP contribution is -2.42. The van der Waals surface area contributed by atoms with Crippen LogP contribution >= 0.6 is 0 Å². The van der Waals surface area contributed by atoms with E-state index in [0.29, 0.717) is 0 Å². The lowest BCUT2D eigenvalue weighted by atomic mass is 10.0. The highest BCUT2D eigenvalue weighted by Gasteiger charge is 2.25. The van der Waals surface area contributed by atoms with Gasteiger partial charge in [0.1, 0.15) is 0 Å². The SMILES string of the molecule is Cc1ccc(S(=O)(=O)N[C@H](CC(=O)NC(C)(C)C)c2ccccc2)cc1. The Bertz CT molecular complexity index is 839. The fraction of sp³-hybridized carbons (Fsp3) is 0.350. The van der Waals surface area contributed by atoms with Gasteiger partial charge in [0.15, 0.2) is 0 Å². The van der Waals surface area contributed by atoms with Crippen LogP contribution in [0.4, 0.5) is 0 Å². The van der Waals surface area contributed by atoms with Crippen molar-refractivity contribution >= 4 is 15.9 Å². The molecule has 2 N–H and O–H groups in total. The largest absolute Gasteiger partial charge is 0.351 e. The Labute approximate surface area is 155 Å². The zero-order valence-corrected chi connectivity index (χ0v) is 16.4. The maximum Gasteiger partial charge on any atom is 0.241 e. The number of hydrogen-bond donors (Lipinski definition) is 2. The smallest absolute Gasteiger partial charge is 0.241 e. The summed E-state index contributed by atoms with van der Waals surface area (Å²) in [4.78, 5) is 12.5. The van der Waals surface area contributed by atoms with E-state index in [0.717, 1.165) is 11.1 Å². The fourth-order valence-corrected chi connectivity index (χ4v) is 3.76. The molecule has 0 fully saturated rings. The molecule has 0 bridgehead atoms. The molecule has 26 heavy (non-hydrogen) atoms. The van der Waals surface area contributed by atoms with Crippen LogP contribution in [0.5, 0.6) is 0 Å². The number of amides is 1. The van der Waals surface area contributed by atoms with Crippen LogP contribution in [0.25, 0.3) is 0 Å². The molecule has 0 spiro atoms. The van der Waals surface area contributed by atoms with Crippen molar-refractivity contribution in [2.75, 3.05) is 0 Å². The van der Waals surface area contributed by atoms with Gasteiger partial charge in [0, 0.05) is 12.0 Å². The van der Waals surface area contributed by atoms with Crippen LogP contribution in [0.2, 0.25) is 0 Å². The van der Waals surface area contributed by atoms with Gasteiger partial charge in [-0.25, -0.2) is 13.1 Å². The number of sulfonamides is 1. The van der Waals surface area contributed by atoms with E-state index in [4.69, 9.17) is 0 Å². The standard InChI is InChI=1S/C20H26N2O3S/c1-15-10-12-17(13-11-15)26(24,25)22-18(16-8-6-5-7-9-16)14-19(23)21-20(2,3)4/h5-13,18,22H,14H2,1-4H3,(H,21,23)/t18-/m1/s1. The first-order chi connectivity index (χ1) is 12.1. The zero-order valence-electron chi connectivity index (χ0n) is 15.6. The van der Waals surface area contributed by atoms with E-state index in [9.17, 15) is 13.2 Å². The van der Waals surface area contributed by atoms with Crippen molar-refractivity contribution in [3.8, 4) is 0 Å². The zero-order chi connectivity index (χ0) is 19.4. The van der Waals surface area contributed by atoms with Gasteiger partial charge in [0.2, 0.25) is 15.9 Å². The molecule has 6 heteroatoms. The van der Waals surface area contributed by atoms with Crippen LogP contribution in [0, 0.1) is 6.92 Å². The van der Waals surface area contributed by atoms with Crippen LogP contribution in [0.15, 0.2) is 59.5 Å². The molecule has 0 aromatic heterocycles. The molecule has 2 aromatic carbocycles. The van der Waals surface area contributed by atoms with Gasteiger partial charge in [-0.15, -0.1) is 0 Å². The number of hydrogen-bond acceptors (Lipinski definition) is 3. The van der Waals surface area contributed by atoms with Crippen LogP contribution < -0.4 is 10.0 Å². The summed E-state index contributed by atoms with van der Waals surface area (Å²) in [6.45, 7) is 7.56. The Morgan fingerprint density at radius 1 is 1.00 bits per heavy atom. The summed E-state index contributed by atoms with van der Waals surface area (Å²) in [5.41, 5.74) is 1.34. The third kappa shape index (κ3) is 5.97. The first-order valence-corrected chi connectivity index (χ1v) is 10.0. The molecule has 140 valence electrons. The maximum atomic E-state index is 12.8. The van der Waals surface area contributed by atoms with Crippen molar-refractivity contribution in [1.29, 1.82) is 0 Å². The molecule has 1 amide bonds. The normalized spacial score (nSPS) is 13.2. The number of rotatable bonds is 6. The van der Waals surface area contributed by atoms with E-state index >= 15 is 0 Å². The summed E-state index contributed by atoms with van der Waals surface area (Å²) in [6, 6.07) is 15.1. The third-order valence-electron chi connectivity index (χ3n) is 3.73. The molecule has 0 aliphatic rings. The average molecular weight is 375 g/mol. The quantitative estimate of drug-likeness (QED) is 0.814. The minimum Gasteiger partial charge on any atom is -0.351 e. The van der Waals surface area contributed by atoms with Crippen molar-refractivity contribution in [3.63, 3.8) is 0 Å². The summed E-state index contributed by atoms with van der Waals surface area (Å²) in [5.74, 6) is -0.210. The molecule has 2 rings (SSSR count). The van der Waals surface area contributed by atoms with Gasteiger partial charge in [-0.05, 0) is 45.4 Å². The predicted octanol–water partition coefficient (Wildman–Crippen LogP) is 3.32. The molecule has 5 nitrogen and oxygen atoms in total. The minimum atomic E-state index is -3.74. The third-order valence-corrected chi connectivity index (χ3v) is 5.22. The van der Waals surface area contributed by atoms with Gasteiger partial charge in [-0.1, -0.05) is 48.0 Å². The van der Waals surface area contributed by atoms with Crippen molar-refractivity contribution in [1.82, 2.24) is 10.0 Å². The minimum absolute atomic E-state index is 0.0202. The highest BCUT2D eigenvalue weighted by Crippen LogP contribution is 2.21. The highest BCUT2D eigenvalue weighted by molar-refractivity contribution is 7.89. The second kappa shape index (κ2) is 8.01. The number of nitrogens with one attached hydrogen (secondary N) is 2. The lowest BCUT2D eigenvalue weighted by molar-refractivity contribution is -0.122. The molecule has 0 radical (unpaired) electrons. The topological polar surface area (TPSA) is 75.3 Å². The Hall–Kier alpha value is -2.18. The molecule has 1 atom stereocenters. The molecule has 0 saturated carbocycles. The van der Waals surface area contributed by atoms with E-state index in [1.807, 2.05) is 58.0 Å². The van der Waals surface area contributed by atoms with Gasteiger partial charge in [-0.3, -0.25) is 4.79 Å².